The van der Waals surface area contributed by atoms with Crippen LogP contribution in [0.3, 0.4) is 0 Å². The number of nitrogens with two attached hydrogens (primary N) is 1. The lowest BCUT2D eigenvalue weighted by Gasteiger charge is -2.08. The zero-order chi connectivity index (χ0) is 16.9. The summed E-state index contributed by atoms with van der Waals surface area (Å²) in [5, 5.41) is 12.6. The molecule has 0 fully saturated rings. The molecule has 2 aromatic carbocycles. The number of hydrogen-bond donors (Lipinski definition) is 4. The molecule has 1 heterocycles. The van der Waals surface area contributed by atoms with E-state index >= 15 is 0 Å². The molecule has 3 aromatic rings. The van der Waals surface area contributed by atoms with Crippen LogP contribution in [-0.4, -0.2) is 23.2 Å². The van der Waals surface area contributed by atoms with Crippen molar-refractivity contribution in [2.75, 3.05) is 23.5 Å². The van der Waals surface area contributed by atoms with Gasteiger partial charge < -0.3 is 21.1 Å². The Kier molecular flexibility index (Phi) is 4.33. The molecule has 0 aliphatic heterocycles. The maximum absolute atomic E-state index is 12.5. The summed E-state index contributed by atoms with van der Waals surface area (Å²) in [6.07, 6.45) is 0. The van der Waals surface area contributed by atoms with Crippen molar-refractivity contribution in [3.63, 3.8) is 0 Å². The van der Waals surface area contributed by atoms with Crippen LogP contribution in [0.5, 0.6) is 5.75 Å². The quantitative estimate of drug-likeness (QED) is 0.578. The highest BCUT2D eigenvalue weighted by atomic mass is 16.5. The van der Waals surface area contributed by atoms with E-state index in [0.29, 0.717) is 11.5 Å². The lowest BCUT2D eigenvalue weighted by Crippen LogP contribution is -2.14. The molecule has 24 heavy (non-hydrogen) atoms. The summed E-state index contributed by atoms with van der Waals surface area (Å²) in [4.78, 5) is 12.5. The molecular weight excluding hydrogens is 306 g/mol. The molecule has 0 spiro atoms. The lowest BCUT2D eigenvalue weighted by atomic mass is 10.2. The van der Waals surface area contributed by atoms with Gasteiger partial charge in [0.1, 0.15) is 17.1 Å². The number of hydrogen-bond acceptors (Lipinski definition) is 5. The fraction of sp³-hybridized carbons (Fsp3) is 0.0588. The predicted molar refractivity (Wildman–Crippen MR) is 93.7 cm³/mol. The zero-order valence-electron chi connectivity index (χ0n) is 13.0. The van der Waals surface area contributed by atoms with E-state index in [9.17, 15) is 4.79 Å². The minimum absolute atomic E-state index is 0.194. The molecule has 1 aromatic heterocycles. The largest absolute Gasteiger partial charge is 0.497 e. The molecule has 0 saturated heterocycles. The first-order valence-electron chi connectivity index (χ1n) is 7.28. The number of H-pyrrole nitrogens is 1. The number of benzene rings is 2. The van der Waals surface area contributed by atoms with E-state index in [1.807, 2.05) is 42.5 Å². The molecule has 0 aliphatic carbocycles. The highest BCUT2D eigenvalue weighted by molar-refractivity contribution is 6.11. The van der Waals surface area contributed by atoms with Crippen LogP contribution in [0.4, 0.5) is 23.0 Å². The summed E-state index contributed by atoms with van der Waals surface area (Å²) in [6, 6.07) is 16.4. The number of nitrogens with zero attached hydrogens (tertiary/aromatic N) is 1. The first kappa shape index (κ1) is 15.4. The van der Waals surface area contributed by atoms with Crippen molar-refractivity contribution >= 4 is 28.9 Å². The number of ether oxygens (including phenoxy) is 1. The van der Waals surface area contributed by atoms with Crippen molar-refractivity contribution in [3.8, 4) is 5.75 Å². The third-order valence-electron chi connectivity index (χ3n) is 3.41. The van der Waals surface area contributed by atoms with Gasteiger partial charge in [0.05, 0.1) is 7.11 Å². The zero-order valence-corrected chi connectivity index (χ0v) is 13.0. The predicted octanol–water partition coefficient (Wildman–Crippen LogP) is 3.00. The Labute approximate surface area is 138 Å². The van der Waals surface area contributed by atoms with Gasteiger partial charge in [0.25, 0.3) is 5.91 Å². The van der Waals surface area contributed by atoms with E-state index in [-0.39, 0.29) is 17.3 Å². The Balaban J connectivity index is 1.81. The number of carbonyl (C=O) groups is 1. The Hall–Kier alpha value is -3.48. The minimum Gasteiger partial charge on any atom is -0.497 e. The van der Waals surface area contributed by atoms with Crippen LogP contribution in [0.1, 0.15) is 10.4 Å². The van der Waals surface area contributed by atoms with Gasteiger partial charge in [-0.2, -0.15) is 5.10 Å². The topological polar surface area (TPSA) is 105 Å². The van der Waals surface area contributed by atoms with Gasteiger partial charge in [0, 0.05) is 11.4 Å². The van der Waals surface area contributed by atoms with E-state index in [0.717, 1.165) is 11.4 Å². The molecule has 5 N–H and O–H groups in total. The van der Waals surface area contributed by atoms with Crippen LogP contribution >= 0.6 is 0 Å². The number of rotatable bonds is 5. The molecule has 3 rings (SSSR count). The average Bonchev–Trinajstić information content (AvgIpc) is 2.97. The van der Waals surface area contributed by atoms with Gasteiger partial charge in [0.15, 0.2) is 5.82 Å². The average molecular weight is 323 g/mol. The molecule has 122 valence electrons. The number of nitrogens with one attached hydrogen (secondary N) is 3. The summed E-state index contributed by atoms with van der Waals surface area (Å²) in [5.41, 5.74) is 7.55. The molecule has 0 radical (unpaired) electrons. The van der Waals surface area contributed by atoms with E-state index < -0.39 is 0 Å². The van der Waals surface area contributed by atoms with E-state index in [4.69, 9.17) is 10.5 Å². The number of anilines is 4. The Bertz CT molecular complexity index is 828. The Morgan fingerprint density at radius 1 is 1.08 bits per heavy atom. The molecule has 0 aliphatic rings. The van der Waals surface area contributed by atoms with Gasteiger partial charge in [-0.25, -0.2) is 0 Å². The number of methoxy groups -OCH3 is 1. The number of para-hydroxylation sites is 1. The van der Waals surface area contributed by atoms with Gasteiger partial charge in [-0.05, 0) is 36.4 Å². The molecule has 1 amide bonds. The summed E-state index contributed by atoms with van der Waals surface area (Å²) in [6.45, 7) is 0. The monoisotopic (exact) mass is 323 g/mol. The van der Waals surface area contributed by atoms with Crippen molar-refractivity contribution in [1.82, 2.24) is 10.2 Å². The van der Waals surface area contributed by atoms with Crippen LogP contribution in [0.25, 0.3) is 0 Å². The van der Waals surface area contributed by atoms with Crippen molar-refractivity contribution in [3.05, 3.63) is 60.2 Å². The molecule has 0 saturated carbocycles. The van der Waals surface area contributed by atoms with E-state index in [1.54, 1.807) is 19.2 Å². The maximum atomic E-state index is 12.5. The molecular formula is C17H17N5O2. The van der Waals surface area contributed by atoms with Gasteiger partial charge in [-0.1, -0.05) is 18.2 Å². The molecule has 0 atom stereocenters. The van der Waals surface area contributed by atoms with Gasteiger partial charge in [-0.3, -0.25) is 9.89 Å². The van der Waals surface area contributed by atoms with Crippen molar-refractivity contribution < 1.29 is 9.53 Å². The van der Waals surface area contributed by atoms with Crippen LogP contribution in [0.15, 0.2) is 54.6 Å². The normalized spacial score (nSPS) is 10.2. The second kappa shape index (κ2) is 6.74. The molecule has 0 bridgehead atoms. The highest BCUT2D eigenvalue weighted by Gasteiger charge is 2.19. The number of aromatic amines is 1. The van der Waals surface area contributed by atoms with Crippen molar-refractivity contribution in [2.24, 2.45) is 0 Å². The summed E-state index contributed by atoms with van der Waals surface area (Å²) in [7, 11) is 1.60. The third kappa shape index (κ3) is 3.30. The summed E-state index contributed by atoms with van der Waals surface area (Å²) in [5.74, 6) is 0.943. The molecule has 0 unspecified atom stereocenters. The van der Waals surface area contributed by atoms with Crippen molar-refractivity contribution in [1.29, 1.82) is 0 Å². The van der Waals surface area contributed by atoms with Crippen LogP contribution in [-0.2, 0) is 0 Å². The number of nitrogen functional groups attached to an aromatic ring is 1. The Morgan fingerprint density at radius 2 is 1.79 bits per heavy atom. The SMILES string of the molecule is COc1ccc(Nc2n[nH]c(N)c2C(=O)Nc2ccccc2)cc1. The van der Waals surface area contributed by atoms with E-state index in [1.165, 1.54) is 0 Å². The van der Waals surface area contributed by atoms with Crippen LogP contribution in [0.2, 0.25) is 0 Å². The number of carbonyl (C=O) groups excluding carboxylic acids is 1. The Morgan fingerprint density at radius 3 is 2.46 bits per heavy atom. The second-order valence-corrected chi connectivity index (χ2v) is 5.03. The molecule has 7 nitrogen and oxygen atoms in total. The molecule has 7 heteroatoms. The highest BCUT2D eigenvalue weighted by Crippen LogP contribution is 2.25. The fourth-order valence-electron chi connectivity index (χ4n) is 2.20. The van der Waals surface area contributed by atoms with Gasteiger partial charge in [-0.15, -0.1) is 0 Å². The minimum atomic E-state index is -0.344. The standard InChI is InChI=1S/C17H17N5O2/c1-24-13-9-7-12(8-10-13)19-16-14(15(18)21-22-16)17(23)20-11-5-3-2-4-6-11/h2-10H,1H3,(H,20,23)(H4,18,19,21,22). The van der Waals surface area contributed by atoms with Gasteiger partial charge >= 0.3 is 0 Å². The smallest absolute Gasteiger partial charge is 0.263 e. The van der Waals surface area contributed by atoms with Crippen molar-refractivity contribution in [2.45, 2.75) is 0 Å². The second-order valence-electron chi connectivity index (χ2n) is 5.03. The third-order valence-corrected chi connectivity index (χ3v) is 3.41. The maximum Gasteiger partial charge on any atom is 0.263 e. The van der Waals surface area contributed by atoms with E-state index in [2.05, 4.69) is 20.8 Å². The fourth-order valence-corrected chi connectivity index (χ4v) is 2.20. The summed E-state index contributed by atoms with van der Waals surface area (Å²) >= 11 is 0. The summed E-state index contributed by atoms with van der Waals surface area (Å²) < 4.78 is 5.12. The van der Waals surface area contributed by atoms with Gasteiger partial charge in [0.2, 0.25) is 0 Å². The lowest BCUT2D eigenvalue weighted by molar-refractivity contribution is 0.102. The number of aromatic nitrogens is 2. The number of amides is 1. The van der Waals surface area contributed by atoms with Crippen LogP contribution < -0.4 is 21.1 Å². The van der Waals surface area contributed by atoms with Crippen LogP contribution in [0, 0.1) is 0 Å². The first-order chi connectivity index (χ1) is 11.7. The first-order valence-corrected chi connectivity index (χ1v) is 7.28.